The van der Waals surface area contributed by atoms with Crippen LogP contribution in [0, 0.1) is 5.82 Å². The first-order valence-corrected chi connectivity index (χ1v) is 8.48. The van der Waals surface area contributed by atoms with Gasteiger partial charge in [0.15, 0.2) is 5.01 Å². The Morgan fingerprint density at radius 1 is 1.17 bits per heavy atom. The Labute approximate surface area is 142 Å². The van der Waals surface area contributed by atoms with Crippen molar-refractivity contribution in [3.8, 4) is 10.7 Å². The molecule has 1 fully saturated rings. The highest BCUT2D eigenvalue weighted by Gasteiger charge is 2.25. The molecular formula is C17H15FN4OS. The lowest BCUT2D eigenvalue weighted by molar-refractivity contribution is 0.0395. The van der Waals surface area contributed by atoms with E-state index in [2.05, 4.69) is 20.1 Å². The fraction of sp³-hybridized carbons (Fsp3) is 0.235. The van der Waals surface area contributed by atoms with Gasteiger partial charge in [-0.15, -0.1) is 10.2 Å². The number of hydrogen-bond donors (Lipinski definition) is 0. The predicted octanol–water partition coefficient (Wildman–Crippen LogP) is 3.32. The molecule has 0 amide bonds. The molecule has 0 radical (unpaired) electrons. The van der Waals surface area contributed by atoms with Crippen molar-refractivity contribution in [2.45, 2.75) is 6.10 Å². The Kier molecular flexibility index (Phi) is 4.18. The highest BCUT2D eigenvalue weighted by molar-refractivity contribution is 7.18. The average molecular weight is 342 g/mol. The van der Waals surface area contributed by atoms with Crippen LogP contribution in [0.2, 0.25) is 0 Å². The first-order chi connectivity index (χ1) is 11.8. The minimum atomic E-state index is -0.249. The highest BCUT2D eigenvalue weighted by Crippen LogP contribution is 2.31. The minimum Gasteiger partial charge on any atom is -0.370 e. The summed E-state index contributed by atoms with van der Waals surface area (Å²) in [6.07, 6.45) is 1.57. The maximum Gasteiger partial charge on any atom is 0.208 e. The van der Waals surface area contributed by atoms with Crippen LogP contribution in [0.15, 0.2) is 48.7 Å². The Balaban J connectivity index is 1.53. The molecule has 7 heteroatoms. The largest absolute Gasteiger partial charge is 0.370 e. The number of pyridine rings is 1. The van der Waals surface area contributed by atoms with E-state index in [9.17, 15) is 4.39 Å². The number of hydrogen-bond acceptors (Lipinski definition) is 6. The molecule has 3 aromatic rings. The zero-order chi connectivity index (χ0) is 16.4. The Morgan fingerprint density at radius 2 is 2.12 bits per heavy atom. The first kappa shape index (κ1) is 15.2. The predicted molar refractivity (Wildman–Crippen MR) is 90.4 cm³/mol. The molecular weight excluding hydrogens is 327 g/mol. The van der Waals surface area contributed by atoms with Gasteiger partial charge < -0.3 is 9.64 Å². The van der Waals surface area contributed by atoms with Gasteiger partial charge in [0.2, 0.25) is 5.13 Å². The number of anilines is 1. The molecule has 4 rings (SSSR count). The van der Waals surface area contributed by atoms with Gasteiger partial charge in [0.05, 0.1) is 13.2 Å². The molecule has 0 N–H and O–H groups in total. The maximum atomic E-state index is 13.4. The summed E-state index contributed by atoms with van der Waals surface area (Å²) >= 11 is 1.50. The van der Waals surface area contributed by atoms with Gasteiger partial charge in [-0.2, -0.15) is 0 Å². The van der Waals surface area contributed by atoms with Crippen LogP contribution in [-0.2, 0) is 4.74 Å². The van der Waals surface area contributed by atoms with Crippen molar-refractivity contribution < 1.29 is 9.13 Å². The molecule has 3 heterocycles. The van der Waals surface area contributed by atoms with E-state index in [1.165, 1.54) is 23.5 Å². The van der Waals surface area contributed by atoms with Crippen molar-refractivity contribution in [3.63, 3.8) is 0 Å². The molecule has 24 heavy (non-hydrogen) atoms. The topological polar surface area (TPSA) is 51.1 Å². The third kappa shape index (κ3) is 3.13. The number of rotatable bonds is 3. The number of benzene rings is 1. The summed E-state index contributed by atoms with van der Waals surface area (Å²) in [4.78, 5) is 6.43. The molecule has 2 aromatic heterocycles. The van der Waals surface area contributed by atoms with Crippen molar-refractivity contribution in [3.05, 3.63) is 60.0 Å². The second-order valence-electron chi connectivity index (χ2n) is 5.47. The van der Waals surface area contributed by atoms with E-state index < -0.39 is 0 Å². The number of ether oxygens (including phenoxy) is 1. The molecule has 1 unspecified atom stereocenters. The molecule has 1 aliphatic heterocycles. The molecule has 5 nitrogen and oxygen atoms in total. The standard InChI is InChI=1S/C17H15FN4OS/c18-13-5-3-4-12(10-13)15-11-22(8-9-23-15)17-21-20-16(24-17)14-6-1-2-7-19-14/h1-7,10,15H,8-9,11H2. The maximum absolute atomic E-state index is 13.4. The van der Waals surface area contributed by atoms with Crippen molar-refractivity contribution in [1.29, 1.82) is 0 Å². The quantitative estimate of drug-likeness (QED) is 0.731. The lowest BCUT2D eigenvalue weighted by Crippen LogP contribution is -2.38. The summed E-state index contributed by atoms with van der Waals surface area (Å²) in [5, 5.41) is 10.1. The molecule has 122 valence electrons. The van der Waals surface area contributed by atoms with Crippen LogP contribution in [0.1, 0.15) is 11.7 Å². The third-order valence-corrected chi connectivity index (χ3v) is 4.86. The SMILES string of the molecule is Fc1cccc(C2CN(c3nnc(-c4ccccn4)s3)CCO2)c1. The van der Waals surface area contributed by atoms with Gasteiger partial charge in [0, 0.05) is 12.7 Å². The summed E-state index contributed by atoms with van der Waals surface area (Å²) in [5.74, 6) is -0.249. The average Bonchev–Trinajstić information content (AvgIpc) is 3.13. The Bertz CT molecular complexity index is 826. The molecule has 1 aliphatic rings. The zero-order valence-corrected chi connectivity index (χ0v) is 13.6. The second kappa shape index (κ2) is 6.62. The minimum absolute atomic E-state index is 0.170. The van der Waals surface area contributed by atoms with E-state index in [0.29, 0.717) is 13.2 Å². The van der Waals surface area contributed by atoms with Gasteiger partial charge >= 0.3 is 0 Å². The number of aromatic nitrogens is 3. The van der Waals surface area contributed by atoms with Gasteiger partial charge in [-0.25, -0.2) is 4.39 Å². The highest BCUT2D eigenvalue weighted by atomic mass is 32.1. The number of nitrogens with zero attached hydrogens (tertiary/aromatic N) is 4. The van der Waals surface area contributed by atoms with Crippen molar-refractivity contribution in [2.24, 2.45) is 0 Å². The normalized spacial score (nSPS) is 17.9. The van der Waals surface area contributed by atoms with Gasteiger partial charge in [-0.1, -0.05) is 29.5 Å². The van der Waals surface area contributed by atoms with Gasteiger partial charge in [-0.05, 0) is 29.8 Å². The fourth-order valence-electron chi connectivity index (χ4n) is 2.67. The van der Waals surface area contributed by atoms with E-state index >= 15 is 0 Å². The van der Waals surface area contributed by atoms with Crippen molar-refractivity contribution >= 4 is 16.5 Å². The van der Waals surface area contributed by atoms with E-state index in [1.54, 1.807) is 12.3 Å². The summed E-state index contributed by atoms with van der Waals surface area (Å²) in [6, 6.07) is 12.3. The zero-order valence-electron chi connectivity index (χ0n) is 12.8. The second-order valence-corrected chi connectivity index (χ2v) is 6.42. The van der Waals surface area contributed by atoms with Crippen molar-refractivity contribution in [1.82, 2.24) is 15.2 Å². The van der Waals surface area contributed by atoms with Crippen molar-refractivity contribution in [2.75, 3.05) is 24.6 Å². The van der Waals surface area contributed by atoms with Gasteiger partial charge in [-0.3, -0.25) is 4.98 Å². The molecule has 0 bridgehead atoms. The van der Waals surface area contributed by atoms with E-state index in [-0.39, 0.29) is 11.9 Å². The van der Waals surface area contributed by atoms with Crippen LogP contribution in [0.4, 0.5) is 9.52 Å². The Hall–Kier alpha value is -2.38. The summed E-state index contributed by atoms with van der Waals surface area (Å²) in [7, 11) is 0. The number of morpholine rings is 1. The first-order valence-electron chi connectivity index (χ1n) is 7.66. The summed E-state index contributed by atoms with van der Waals surface area (Å²) in [6.45, 7) is 1.93. The molecule has 0 aliphatic carbocycles. The monoisotopic (exact) mass is 342 g/mol. The Morgan fingerprint density at radius 3 is 2.96 bits per heavy atom. The fourth-order valence-corrected chi connectivity index (χ4v) is 3.52. The number of halogens is 1. The summed E-state index contributed by atoms with van der Waals surface area (Å²) < 4.78 is 19.2. The van der Waals surface area contributed by atoms with Crippen LogP contribution in [0.25, 0.3) is 10.7 Å². The van der Waals surface area contributed by atoms with Gasteiger partial charge in [0.1, 0.15) is 17.6 Å². The van der Waals surface area contributed by atoms with Crippen LogP contribution < -0.4 is 4.90 Å². The lowest BCUT2D eigenvalue weighted by Gasteiger charge is -2.32. The van der Waals surface area contributed by atoms with E-state index in [4.69, 9.17) is 4.74 Å². The van der Waals surface area contributed by atoms with Crippen LogP contribution in [0.3, 0.4) is 0 Å². The summed E-state index contributed by atoms with van der Waals surface area (Å²) in [5.41, 5.74) is 1.66. The molecule has 1 aromatic carbocycles. The van der Waals surface area contributed by atoms with Crippen LogP contribution >= 0.6 is 11.3 Å². The lowest BCUT2D eigenvalue weighted by atomic mass is 10.1. The van der Waals surface area contributed by atoms with E-state index in [1.807, 2.05) is 24.3 Å². The molecule has 0 saturated carbocycles. The van der Waals surface area contributed by atoms with Crippen LogP contribution in [-0.4, -0.2) is 34.9 Å². The molecule has 1 saturated heterocycles. The smallest absolute Gasteiger partial charge is 0.208 e. The van der Waals surface area contributed by atoms with Crippen LogP contribution in [0.5, 0.6) is 0 Å². The molecule has 1 atom stereocenters. The van der Waals surface area contributed by atoms with E-state index in [0.717, 1.165) is 27.9 Å². The molecule has 0 spiro atoms. The third-order valence-electron chi connectivity index (χ3n) is 3.86. The van der Waals surface area contributed by atoms with Gasteiger partial charge in [0.25, 0.3) is 0 Å².